The quantitative estimate of drug-likeness (QED) is 0.0145. The van der Waals surface area contributed by atoms with E-state index in [4.69, 9.17) is 39.2 Å². The zero-order valence-electron chi connectivity index (χ0n) is 56.9. The fraction of sp³-hybridized carbons (Fsp3) is 0.471. The normalized spacial score (nSPS) is 14.4. The van der Waals surface area contributed by atoms with E-state index in [9.17, 15) is 33.9 Å². The maximum Gasteiger partial charge on any atom is 0.326 e. The zero-order chi connectivity index (χ0) is 72.5. The first kappa shape index (κ1) is 77.3. The van der Waals surface area contributed by atoms with Gasteiger partial charge in [0, 0.05) is 90.2 Å². The number of carboxylic acid groups (broad SMARTS) is 1. The number of hydrogen-bond acceptors (Lipinski definition) is 13. The average Bonchev–Trinajstić information content (AvgIpc) is 1.74. The number of hydrogen-bond donors (Lipinski definition) is 22. The van der Waals surface area contributed by atoms with Crippen LogP contribution in [0.4, 0.5) is 0 Å². The van der Waals surface area contributed by atoms with Crippen LogP contribution in [0.2, 0.25) is 0 Å². The van der Waals surface area contributed by atoms with Crippen LogP contribution in [-0.2, 0) is 62.4 Å². The van der Waals surface area contributed by atoms with Crippen molar-refractivity contribution in [1.29, 1.82) is 16.2 Å². The zero-order valence-corrected chi connectivity index (χ0v) is 56.9. The highest BCUT2D eigenvalue weighted by atomic mass is 16.4. The number of fused-ring (bicyclic) bond motifs is 3. The molecule has 0 fully saturated rings. The standard InChI is InChI=1S/C68H99N21O10/c1-7-38(6)56(89-62(95)53(31-40-34-80-47-22-12-9-18-43(40)47)84-58(91)49(24-15-27-77-67(72)73)82-57(90)45(69)20-14-26-76-66(70)71)64(97)87-54(32-41-35-81-48-23-13-10-19-44(41)48)61(94)88-55(37(4)5)63(96)86-51(29-36(2)3)59(92)85-52(30-39-33-79-46-21-11-8-17-42(39)46)60(93)83-50(65(98)99)25-16-28-78-68(74)75/h8-13,17-19,21-23,33-38,45,49-56,79-81H,7,14-16,20,24-32,69H2,1-6H3,(H,82,90)(H,83,93)(H,84,91)(H,85,92)(H,86,96)(H,87,97)(H,88,94)(H,89,95)(H,98,99)(H4,70,71,76)(H4,72,73,77)(H4,74,75,78)/t38-,45-,49-,50-,51-,52-,53-,54-,55-,56-/m0/s1. The highest BCUT2D eigenvalue weighted by Crippen LogP contribution is 2.24. The largest absolute Gasteiger partial charge is 0.480 e. The third-order valence-electron chi connectivity index (χ3n) is 17.1. The van der Waals surface area contributed by atoms with E-state index < -0.39 is 119 Å². The lowest BCUT2D eigenvalue weighted by molar-refractivity contribution is -0.142. The van der Waals surface area contributed by atoms with Crippen molar-refractivity contribution in [2.45, 2.75) is 167 Å². The van der Waals surface area contributed by atoms with Crippen molar-refractivity contribution in [3.63, 3.8) is 0 Å². The van der Waals surface area contributed by atoms with Gasteiger partial charge < -0.3 is 101 Å². The molecule has 0 aliphatic rings. The number of para-hydroxylation sites is 3. The molecule has 99 heavy (non-hydrogen) atoms. The van der Waals surface area contributed by atoms with Crippen molar-refractivity contribution in [3.05, 3.63) is 108 Å². The summed E-state index contributed by atoms with van der Waals surface area (Å²) in [5.74, 6) is -9.80. The molecule has 0 aliphatic heterocycles. The number of aromatic nitrogens is 3. The first-order chi connectivity index (χ1) is 47.1. The van der Waals surface area contributed by atoms with Crippen LogP contribution in [0.5, 0.6) is 0 Å². The summed E-state index contributed by atoms with van der Waals surface area (Å²) >= 11 is 0. The van der Waals surface area contributed by atoms with Gasteiger partial charge >= 0.3 is 5.97 Å². The number of benzene rings is 3. The predicted molar refractivity (Wildman–Crippen MR) is 378 cm³/mol. The van der Waals surface area contributed by atoms with Crippen molar-refractivity contribution in [1.82, 2.24) is 73.4 Å². The smallest absolute Gasteiger partial charge is 0.326 e. The van der Waals surface area contributed by atoms with Gasteiger partial charge in [0.05, 0.1) is 6.04 Å². The minimum absolute atomic E-state index is 0.0135. The minimum atomic E-state index is -1.42. The number of nitrogens with one attached hydrogen (secondary N) is 17. The minimum Gasteiger partial charge on any atom is -0.480 e. The molecule has 0 radical (unpaired) electrons. The number of nitrogens with two attached hydrogens (primary N) is 4. The molecule has 0 unspecified atom stereocenters. The second kappa shape index (κ2) is 37.7. The number of guanidine groups is 3. The van der Waals surface area contributed by atoms with Gasteiger partial charge in [-0.25, -0.2) is 4.79 Å². The summed E-state index contributed by atoms with van der Waals surface area (Å²) in [6.07, 6.45) is 6.11. The Morgan fingerprint density at radius 3 is 1.17 bits per heavy atom. The van der Waals surface area contributed by atoms with E-state index in [1.54, 1.807) is 39.4 Å². The Labute approximate surface area is 574 Å². The lowest BCUT2D eigenvalue weighted by atomic mass is 9.95. The highest BCUT2D eigenvalue weighted by molar-refractivity contribution is 5.99. The predicted octanol–water partition coefficient (Wildman–Crippen LogP) is 0.987. The van der Waals surface area contributed by atoms with Crippen molar-refractivity contribution in [2.75, 3.05) is 19.6 Å². The molecule has 0 aliphatic carbocycles. The van der Waals surface area contributed by atoms with Crippen molar-refractivity contribution in [3.8, 4) is 0 Å². The van der Waals surface area contributed by atoms with Gasteiger partial charge in [-0.15, -0.1) is 0 Å². The van der Waals surface area contributed by atoms with Gasteiger partial charge in [-0.1, -0.05) is 103 Å². The Morgan fingerprint density at radius 1 is 0.434 bits per heavy atom. The number of H-pyrrole nitrogens is 3. The molecule has 31 nitrogen and oxygen atoms in total. The molecule has 6 aromatic rings. The number of carboxylic acids is 1. The Kier molecular flexibility index (Phi) is 29.4. The number of carbonyl (C=O) groups is 9. The van der Waals surface area contributed by atoms with Crippen molar-refractivity contribution >= 4 is 104 Å². The van der Waals surface area contributed by atoms with Gasteiger partial charge in [-0.2, -0.15) is 0 Å². The molecule has 10 atom stereocenters. The van der Waals surface area contributed by atoms with E-state index in [1.807, 2.05) is 93.6 Å². The molecular formula is C68H99N21O10. The molecule has 3 aromatic heterocycles. The fourth-order valence-corrected chi connectivity index (χ4v) is 11.5. The Bertz CT molecular complexity index is 3790. The molecular weight excluding hydrogens is 1270 g/mol. The SMILES string of the molecule is CC[C@H](C)[C@H](NC(=O)[C@H](Cc1c[nH]c2ccccc12)NC(=O)[C@H](CCCNC(=N)N)NC(=O)[C@@H](N)CCCNC(=N)N)C(=O)N[C@@H](Cc1c[nH]c2ccccc12)C(=O)N[C@H](C(=O)N[C@@H](CC(C)C)C(=O)N[C@@H](Cc1c[nH]c2ccccc12)C(=O)N[C@@H](CCCNC(=N)N)C(=O)O)C(C)C. The Balaban J connectivity index is 1.27. The lowest BCUT2D eigenvalue weighted by Crippen LogP contribution is -2.62. The summed E-state index contributed by atoms with van der Waals surface area (Å²) in [7, 11) is 0. The summed E-state index contributed by atoms with van der Waals surface area (Å²) in [6, 6.07) is 10.1. The molecule has 3 aromatic carbocycles. The topological polar surface area (TPSA) is 529 Å². The third kappa shape index (κ3) is 23.5. The number of aliphatic carboxylic acids is 1. The van der Waals surface area contributed by atoms with E-state index in [0.29, 0.717) is 29.5 Å². The first-order valence-corrected chi connectivity index (χ1v) is 33.4. The van der Waals surface area contributed by atoms with E-state index in [1.165, 1.54) is 0 Å². The van der Waals surface area contributed by atoms with Gasteiger partial charge in [-0.05, 0) is 97.6 Å². The highest BCUT2D eigenvalue weighted by Gasteiger charge is 2.38. The average molecular weight is 1370 g/mol. The summed E-state index contributed by atoms with van der Waals surface area (Å²) in [5.41, 5.74) is 26.7. The molecule has 0 spiro atoms. The molecule has 0 bridgehead atoms. The lowest BCUT2D eigenvalue weighted by Gasteiger charge is -2.30. The summed E-state index contributed by atoms with van der Waals surface area (Å²) in [5, 5.41) is 65.2. The van der Waals surface area contributed by atoms with Gasteiger partial charge in [-0.3, -0.25) is 54.6 Å². The summed E-state index contributed by atoms with van der Waals surface area (Å²) in [4.78, 5) is 140. The Morgan fingerprint density at radius 2 is 0.768 bits per heavy atom. The van der Waals surface area contributed by atoms with Crippen LogP contribution >= 0.6 is 0 Å². The van der Waals surface area contributed by atoms with Crippen LogP contribution in [0.15, 0.2) is 91.4 Å². The van der Waals surface area contributed by atoms with Gasteiger partial charge in [0.2, 0.25) is 47.3 Å². The van der Waals surface area contributed by atoms with E-state index in [0.717, 1.165) is 32.7 Å². The van der Waals surface area contributed by atoms with E-state index in [2.05, 4.69) is 73.4 Å². The van der Waals surface area contributed by atoms with Crippen molar-refractivity contribution < 1.29 is 48.3 Å². The monoisotopic (exact) mass is 1370 g/mol. The molecule has 3 heterocycles. The van der Waals surface area contributed by atoms with Gasteiger partial charge in [0.15, 0.2) is 17.9 Å². The fourth-order valence-electron chi connectivity index (χ4n) is 11.5. The number of carbonyl (C=O) groups excluding carboxylic acids is 8. The summed E-state index contributed by atoms with van der Waals surface area (Å²) < 4.78 is 0. The second-order valence-corrected chi connectivity index (χ2v) is 25.7. The number of rotatable bonds is 40. The molecule has 0 saturated carbocycles. The van der Waals surface area contributed by atoms with Crippen LogP contribution in [0.3, 0.4) is 0 Å². The van der Waals surface area contributed by atoms with Gasteiger partial charge in [0.25, 0.3) is 0 Å². The molecule has 26 N–H and O–H groups in total. The van der Waals surface area contributed by atoms with Gasteiger partial charge in [0.1, 0.15) is 48.3 Å². The Hall–Kier alpha value is -10.7. The van der Waals surface area contributed by atoms with Crippen LogP contribution in [-0.4, -0.2) is 165 Å². The molecule has 536 valence electrons. The van der Waals surface area contributed by atoms with Crippen LogP contribution in [0.1, 0.15) is 110 Å². The maximum atomic E-state index is 15.2. The number of amides is 8. The maximum absolute atomic E-state index is 15.2. The summed E-state index contributed by atoms with van der Waals surface area (Å²) in [6.45, 7) is 11.2. The molecule has 31 heteroatoms. The van der Waals surface area contributed by atoms with Crippen LogP contribution < -0.4 is 81.4 Å². The van der Waals surface area contributed by atoms with Crippen LogP contribution in [0.25, 0.3) is 32.7 Å². The second-order valence-electron chi connectivity index (χ2n) is 25.7. The first-order valence-electron chi connectivity index (χ1n) is 33.4. The van der Waals surface area contributed by atoms with E-state index in [-0.39, 0.29) is 101 Å². The molecule has 8 amide bonds. The van der Waals surface area contributed by atoms with Crippen LogP contribution in [0, 0.1) is 34.0 Å². The third-order valence-corrected chi connectivity index (χ3v) is 17.1. The molecule has 6 rings (SSSR count). The molecule has 0 saturated heterocycles. The number of aromatic amines is 3. The van der Waals surface area contributed by atoms with E-state index >= 15 is 14.4 Å². The van der Waals surface area contributed by atoms with Crippen molar-refractivity contribution in [2.24, 2.45) is 40.7 Å².